The van der Waals surface area contributed by atoms with E-state index in [4.69, 9.17) is 9.47 Å². The lowest BCUT2D eigenvalue weighted by molar-refractivity contribution is -0.139. The average Bonchev–Trinajstić information content (AvgIpc) is 3.58. The van der Waals surface area contributed by atoms with Crippen molar-refractivity contribution in [2.24, 2.45) is 11.8 Å². The smallest absolute Gasteiger partial charge is 0.311 e. The SMILES string of the molecule is COc1ccc(F)c([C@H]2CC[C@H](COc3cccc(C(C(=O)O)C4CC4)c3)CC2)c1. The lowest BCUT2D eigenvalue weighted by Gasteiger charge is -2.29. The van der Waals surface area contributed by atoms with Gasteiger partial charge >= 0.3 is 5.97 Å². The number of carboxylic acids is 1. The van der Waals surface area contributed by atoms with Gasteiger partial charge in [0.25, 0.3) is 0 Å². The van der Waals surface area contributed by atoms with Crippen molar-refractivity contribution >= 4 is 5.97 Å². The van der Waals surface area contributed by atoms with E-state index >= 15 is 0 Å². The van der Waals surface area contributed by atoms with Crippen molar-refractivity contribution in [1.29, 1.82) is 0 Å². The molecular weight excluding hydrogens is 383 g/mol. The Labute approximate surface area is 177 Å². The summed E-state index contributed by atoms with van der Waals surface area (Å²) in [7, 11) is 1.60. The van der Waals surface area contributed by atoms with Gasteiger partial charge in [-0.3, -0.25) is 4.79 Å². The molecule has 30 heavy (non-hydrogen) atoms. The first-order valence-corrected chi connectivity index (χ1v) is 10.8. The molecule has 2 aromatic carbocycles. The van der Waals surface area contributed by atoms with E-state index in [2.05, 4.69) is 0 Å². The third kappa shape index (κ3) is 4.77. The van der Waals surface area contributed by atoms with Gasteiger partial charge in [-0.15, -0.1) is 0 Å². The summed E-state index contributed by atoms with van der Waals surface area (Å²) in [6.45, 7) is 0.609. The van der Waals surface area contributed by atoms with Gasteiger partial charge in [-0.25, -0.2) is 4.39 Å². The Morgan fingerprint density at radius 3 is 2.50 bits per heavy atom. The number of hydrogen-bond acceptors (Lipinski definition) is 3. The van der Waals surface area contributed by atoms with Gasteiger partial charge in [-0.1, -0.05) is 12.1 Å². The van der Waals surface area contributed by atoms with E-state index in [1.165, 1.54) is 6.07 Å². The van der Waals surface area contributed by atoms with E-state index in [0.29, 0.717) is 18.3 Å². The van der Waals surface area contributed by atoms with Crippen molar-refractivity contribution in [2.45, 2.75) is 50.4 Å². The minimum atomic E-state index is -0.752. The largest absolute Gasteiger partial charge is 0.497 e. The first-order chi connectivity index (χ1) is 14.5. The van der Waals surface area contributed by atoms with E-state index in [-0.39, 0.29) is 17.7 Å². The second-order valence-corrected chi connectivity index (χ2v) is 8.64. The second-order valence-electron chi connectivity index (χ2n) is 8.64. The van der Waals surface area contributed by atoms with Crippen LogP contribution in [0.3, 0.4) is 0 Å². The lowest BCUT2D eigenvalue weighted by atomic mass is 9.79. The van der Waals surface area contributed by atoms with Crippen molar-refractivity contribution < 1.29 is 23.8 Å². The Morgan fingerprint density at radius 2 is 1.83 bits per heavy atom. The molecule has 1 unspecified atom stereocenters. The molecule has 5 heteroatoms. The van der Waals surface area contributed by atoms with Gasteiger partial charge in [0.05, 0.1) is 19.6 Å². The third-order valence-corrected chi connectivity index (χ3v) is 6.55. The van der Waals surface area contributed by atoms with E-state index in [1.54, 1.807) is 13.2 Å². The minimum Gasteiger partial charge on any atom is -0.497 e. The van der Waals surface area contributed by atoms with Crippen LogP contribution in [0.1, 0.15) is 61.5 Å². The van der Waals surface area contributed by atoms with Crippen molar-refractivity contribution in [3.63, 3.8) is 0 Å². The molecule has 0 aromatic heterocycles. The molecular formula is C25H29FO4. The summed E-state index contributed by atoms with van der Waals surface area (Å²) < 4.78 is 25.5. The number of carboxylic acid groups (broad SMARTS) is 1. The molecule has 1 atom stereocenters. The summed E-state index contributed by atoms with van der Waals surface area (Å²) in [6.07, 6.45) is 5.81. The van der Waals surface area contributed by atoms with Gasteiger partial charge < -0.3 is 14.6 Å². The van der Waals surface area contributed by atoms with Crippen LogP contribution in [0, 0.1) is 17.7 Å². The van der Waals surface area contributed by atoms with Crippen LogP contribution in [-0.4, -0.2) is 24.8 Å². The monoisotopic (exact) mass is 412 g/mol. The normalized spacial score (nSPS) is 22.3. The van der Waals surface area contributed by atoms with E-state index in [0.717, 1.165) is 55.4 Å². The van der Waals surface area contributed by atoms with Crippen LogP contribution in [0.2, 0.25) is 0 Å². The van der Waals surface area contributed by atoms with E-state index < -0.39 is 11.9 Å². The summed E-state index contributed by atoms with van der Waals surface area (Å²) in [4.78, 5) is 11.6. The molecule has 0 saturated heterocycles. The molecule has 0 bridgehead atoms. The second kappa shape index (κ2) is 9.07. The predicted octanol–water partition coefficient (Wildman–Crippen LogP) is 5.77. The number of hydrogen-bond donors (Lipinski definition) is 1. The molecule has 0 heterocycles. The van der Waals surface area contributed by atoms with Crippen LogP contribution in [0.25, 0.3) is 0 Å². The number of benzene rings is 2. The fourth-order valence-electron chi connectivity index (χ4n) is 4.66. The Kier molecular flexibility index (Phi) is 6.26. The summed E-state index contributed by atoms with van der Waals surface area (Å²) >= 11 is 0. The van der Waals surface area contributed by atoms with Gasteiger partial charge in [0, 0.05) is 0 Å². The maximum atomic E-state index is 14.3. The molecule has 160 valence electrons. The Morgan fingerprint density at radius 1 is 1.07 bits per heavy atom. The van der Waals surface area contributed by atoms with Crippen molar-refractivity contribution in [3.05, 3.63) is 59.4 Å². The number of aliphatic carboxylic acids is 1. The van der Waals surface area contributed by atoms with Crippen LogP contribution in [0.15, 0.2) is 42.5 Å². The lowest BCUT2D eigenvalue weighted by Crippen LogP contribution is -2.20. The first kappa shape index (κ1) is 20.7. The molecule has 0 amide bonds. The number of carbonyl (C=O) groups is 1. The highest BCUT2D eigenvalue weighted by molar-refractivity contribution is 5.77. The molecule has 0 spiro atoms. The summed E-state index contributed by atoms with van der Waals surface area (Å²) in [6, 6.07) is 12.5. The number of rotatable bonds is 8. The topological polar surface area (TPSA) is 55.8 Å². The molecule has 1 N–H and O–H groups in total. The maximum Gasteiger partial charge on any atom is 0.311 e. The first-order valence-electron chi connectivity index (χ1n) is 10.8. The molecule has 0 radical (unpaired) electrons. The quantitative estimate of drug-likeness (QED) is 0.598. The molecule has 0 aliphatic heterocycles. The zero-order chi connectivity index (χ0) is 21.1. The minimum absolute atomic E-state index is 0.157. The maximum absolute atomic E-state index is 14.3. The number of halogens is 1. The van der Waals surface area contributed by atoms with Crippen LogP contribution >= 0.6 is 0 Å². The number of methoxy groups -OCH3 is 1. The van der Waals surface area contributed by atoms with Crippen molar-refractivity contribution in [2.75, 3.05) is 13.7 Å². The molecule has 2 saturated carbocycles. The molecule has 4 nitrogen and oxygen atoms in total. The standard InChI is InChI=1S/C25H29FO4/c1-29-20-11-12-23(26)22(14-20)17-7-5-16(6-8-17)15-30-21-4-2-3-19(13-21)24(25(27)28)18-9-10-18/h2-4,11-14,16-18,24H,5-10,15H2,1H3,(H,27,28)/t16-,17-,24?. The van der Waals surface area contributed by atoms with Crippen molar-refractivity contribution in [1.82, 2.24) is 0 Å². The fourth-order valence-corrected chi connectivity index (χ4v) is 4.66. The summed E-state index contributed by atoms with van der Waals surface area (Å²) in [5.41, 5.74) is 1.58. The van der Waals surface area contributed by atoms with E-state index in [1.807, 2.05) is 30.3 Å². The predicted molar refractivity (Wildman–Crippen MR) is 113 cm³/mol. The van der Waals surface area contributed by atoms with Crippen LogP contribution in [-0.2, 0) is 4.79 Å². The average molecular weight is 413 g/mol. The fraction of sp³-hybridized carbons (Fsp3) is 0.480. The van der Waals surface area contributed by atoms with Crippen LogP contribution in [0.4, 0.5) is 4.39 Å². The summed E-state index contributed by atoms with van der Waals surface area (Å²) in [5.74, 6) is 0.996. The molecule has 4 rings (SSSR count). The third-order valence-electron chi connectivity index (χ3n) is 6.55. The number of ether oxygens (including phenoxy) is 2. The van der Waals surface area contributed by atoms with Gasteiger partial charge in [0.2, 0.25) is 0 Å². The Bertz CT molecular complexity index is 884. The molecule has 2 fully saturated rings. The van der Waals surface area contributed by atoms with Crippen LogP contribution < -0.4 is 9.47 Å². The zero-order valence-electron chi connectivity index (χ0n) is 17.4. The van der Waals surface area contributed by atoms with Gasteiger partial charge in [-0.2, -0.15) is 0 Å². The zero-order valence-corrected chi connectivity index (χ0v) is 17.4. The Hall–Kier alpha value is -2.56. The summed E-state index contributed by atoms with van der Waals surface area (Å²) in [5, 5.41) is 9.56. The van der Waals surface area contributed by atoms with Gasteiger partial charge in [-0.05, 0) is 97.7 Å². The van der Waals surface area contributed by atoms with Crippen LogP contribution in [0.5, 0.6) is 11.5 Å². The van der Waals surface area contributed by atoms with Crippen molar-refractivity contribution in [3.8, 4) is 11.5 Å². The van der Waals surface area contributed by atoms with Gasteiger partial charge in [0.1, 0.15) is 17.3 Å². The molecule has 2 aliphatic rings. The van der Waals surface area contributed by atoms with E-state index in [9.17, 15) is 14.3 Å². The van der Waals surface area contributed by atoms with Gasteiger partial charge in [0.15, 0.2) is 0 Å². The highest BCUT2D eigenvalue weighted by Crippen LogP contribution is 2.43. The highest BCUT2D eigenvalue weighted by atomic mass is 19.1. The highest BCUT2D eigenvalue weighted by Gasteiger charge is 2.37. The molecule has 2 aliphatic carbocycles. The Balaban J connectivity index is 1.32. The molecule has 2 aromatic rings.